The van der Waals surface area contributed by atoms with Crippen molar-refractivity contribution in [2.45, 2.75) is 46.2 Å². The van der Waals surface area contributed by atoms with Gasteiger partial charge in [-0.05, 0) is 20.3 Å². The first kappa shape index (κ1) is 15.5. The van der Waals surface area contributed by atoms with E-state index in [0.29, 0.717) is 30.5 Å². The molecule has 0 aromatic carbocycles. The van der Waals surface area contributed by atoms with Crippen molar-refractivity contribution in [3.8, 4) is 11.6 Å². The lowest BCUT2D eigenvalue weighted by molar-refractivity contribution is 0.188. The van der Waals surface area contributed by atoms with Crippen LogP contribution in [-0.4, -0.2) is 43.4 Å². The molecule has 2 amide bonds. The molecule has 124 valence electrons. The van der Waals surface area contributed by atoms with Crippen molar-refractivity contribution in [1.82, 2.24) is 30.1 Å². The molecule has 0 aliphatic carbocycles. The fourth-order valence-corrected chi connectivity index (χ4v) is 2.73. The summed E-state index contributed by atoms with van der Waals surface area (Å²) in [5, 5.41) is 11.3. The molecular weight excluding hydrogens is 296 g/mol. The second kappa shape index (κ2) is 6.02. The third-order valence-corrected chi connectivity index (χ3v) is 4.24. The molecule has 1 aliphatic rings. The monoisotopic (exact) mass is 318 g/mol. The number of aryl methyl sites for hydroxylation is 2. The summed E-state index contributed by atoms with van der Waals surface area (Å²) in [5.41, 5.74) is 2.77. The highest BCUT2D eigenvalue weighted by atomic mass is 16.5. The van der Waals surface area contributed by atoms with Crippen molar-refractivity contribution in [3.63, 3.8) is 0 Å². The van der Waals surface area contributed by atoms with E-state index in [0.717, 1.165) is 24.1 Å². The van der Waals surface area contributed by atoms with Crippen molar-refractivity contribution < 1.29 is 9.32 Å². The van der Waals surface area contributed by atoms with E-state index >= 15 is 0 Å². The molecule has 0 spiro atoms. The molecule has 1 N–H and O–H groups in total. The Labute approximate surface area is 134 Å². The number of hydrogen-bond acceptors (Lipinski definition) is 5. The van der Waals surface area contributed by atoms with Crippen molar-refractivity contribution in [3.05, 3.63) is 17.1 Å². The summed E-state index contributed by atoms with van der Waals surface area (Å²) in [7, 11) is 1.90. The molecule has 3 rings (SSSR count). The van der Waals surface area contributed by atoms with E-state index in [9.17, 15) is 4.79 Å². The summed E-state index contributed by atoms with van der Waals surface area (Å²) < 4.78 is 7.09. The third kappa shape index (κ3) is 2.93. The maximum absolute atomic E-state index is 12.4. The summed E-state index contributed by atoms with van der Waals surface area (Å²) in [5.74, 6) is 0.977. The normalized spacial score (nSPS) is 15.4. The summed E-state index contributed by atoms with van der Waals surface area (Å²) in [6.45, 7) is 7.01. The zero-order chi connectivity index (χ0) is 16.6. The summed E-state index contributed by atoms with van der Waals surface area (Å²) in [4.78, 5) is 18.4. The van der Waals surface area contributed by atoms with Crippen LogP contribution in [0.2, 0.25) is 0 Å². The molecule has 8 nitrogen and oxygen atoms in total. The average molecular weight is 318 g/mol. The SMILES string of the molecule is CC[C@@H](C)NC(=O)N1CCc2c(c(-c3nc(C)no3)nn2C)C1. The van der Waals surface area contributed by atoms with Gasteiger partial charge in [-0.3, -0.25) is 4.68 Å². The Balaban J connectivity index is 1.86. The number of carbonyl (C=O) groups excluding carboxylic acids is 1. The molecular formula is C15H22N6O2. The molecule has 0 bridgehead atoms. The standard InChI is InChI=1S/C15H22N6O2/c1-5-9(2)16-15(22)21-7-6-12-11(8-21)13(18-20(12)4)14-17-10(3)19-23-14/h9H,5-8H2,1-4H3,(H,16,22)/t9-/m1/s1. The first-order valence-electron chi connectivity index (χ1n) is 7.90. The van der Waals surface area contributed by atoms with E-state index in [1.54, 1.807) is 6.92 Å². The molecule has 0 saturated carbocycles. The molecule has 1 atom stereocenters. The zero-order valence-corrected chi connectivity index (χ0v) is 14.0. The summed E-state index contributed by atoms with van der Waals surface area (Å²) >= 11 is 0. The molecule has 3 heterocycles. The Morgan fingerprint density at radius 3 is 2.91 bits per heavy atom. The minimum Gasteiger partial charge on any atom is -0.336 e. The van der Waals surface area contributed by atoms with Crippen LogP contribution in [0, 0.1) is 6.92 Å². The van der Waals surface area contributed by atoms with E-state index in [-0.39, 0.29) is 12.1 Å². The van der Waals surface area contributed by atoms with Gasteiger partial charge in [0.2, 0.25) is 0 Å². The molecule has 2 aromatic heterocycles. The highest BCUT2D eigenvalue weighted by Gasteiger charge is 2.29. The van der Waals surface area contributed by atoms with Gasteiger partial charge in [-0.15, -0.1) is 0 Å². The maximum atomic E-state index is 12.4. The van der Waals surface area contributed by atoms with Gasteiger partial charge in [0.25, 0.3) is 5.89 Å². The van der Waals surface area contributed by atoms with Gasteiger partial charge in [0.15, 0.2) is 11.5 Å². The van der Waals surface area contributed by atoms with Crippen LogP contribution in [0.1, 0.15) is 37.4 Å². The summed E-state index contributed by atoms with van der Waals surface area (Å²) in [6.07, 6.45) is 1.67. The predicted octanol–water partition coefficient (Wildman–Crippen LogP) is 1.64. The fourth-order valence-electron chi connectivity index (χ4n) is 2.73. The van der Waals surface area contributed by atoms with Crippen molar-refractivity contribution in [1.29, 1.82) is 0 Å². The summed E-state index contributed by atoms with van der Waals surface area (Å²) in [6, 6.07) is 0.123. The van der Waals surface area contributed by atoms with Crippen molar-refractivity contribution in [2.75, 3.05) is 6.54 Å². The van der Waals surface area contributed by atoms with Crippen LogP contribution in [0.4, 0.5) is 4.79 Å². The lowest BCUT2D eigenvalue weighted by atomic mass is 10.1. The first-order valence-corrected chi connectivity index (χ1v) is 7.90. The van der Waals surface area contributed by atoms with Crippen LogP contribution in [0.15, 0.2) is 4.52 Å². The highest BCUT2D eigenvalue weighted by Crippen LogP contribution is 2.28. The van der Waals surface area contributed by atoms with E-state index in [4.69, 9.17) is 4.52 Å². The molecule has 0 fully saturated rings. The Morgan fingerprint density at radius 1 is 1.48 bits per heavy atom. The van der Waals surface area contributed by atoms with Gasteiger partial charge in [-0.25, -0.2) is 4.79 Å². The smallest absolute Gasteiger partial charge is 0.317 e. The van der Waals surface area contributed by atoms with Gasteiger partial charge < -0.3 is 14.7 Å². The number of carbonyl (C=O) groups is 1. The number of fused-ring (bicyclic) bond motifs is 1. The van der Waals surface area contributed by atoms with Gasteiger partial charge >= 0.3 is 6.03 Å². The molecule has 23 heavy (non-hydrogen) atoms. The first-order chi connectivity index (χ1) is 11.0. The molecule has 0 saturated heterocycles. The molecule has 0 unspecified atom stereocenters. The Bertz CT molecular complexity index is 720. The quantitative estimate of drug-likeness (QED) is 0.929. The lowest BCUT2D eigenvalue weighted by Crippen LogP contribution is -2.45. The maximum Gasteiger partial charge on any atom is 0.317 e. The highest BCUT2D eigenvalue weighted by molar-refractivity contribution is 5.75. The Hall–Kier alpha value is -2.38. The fraction of sp³-hybridized carbons (Fsp3) is 0.600. The largest absolute Gasteiger partial charge is 0.336 e. The molecule has 2 aromatic rings. The van der Waals surface area contributed by atoms with Gasteiger partial charge in [0, 0.05) is 37.3 Å². The number of nitrogens with one attached hydrogen (secondary N) is 1. The minimum absolute atomic E-state index is 0.0403. The second-order valence-electron chi connectivity index (χ2n) is 5.97. The number of nitrogens with zero attached hydrogens (tertiary/aromatic N) is 5. The van der Waals surface area contributed by atoms with Gasteiger partial charge in [0.1, 0.15) is 0 Å². The predicted molar refractivity (Wildman–Crippen MR) is 83.6 cm³/mol. The average Bonchev–Trinajstić information content (AvgIpc) is 3.10. The van der Waals surface area contributed by atoms with Crippen LogP contribution >= 0.6 is 0 Å². The number of amides is 2. The van der Waals surface area contributed by atoms with Crippen molar-refractivity contribution in [2.24, 2.45) is 7.05 Å². The zero-order valence-electron chi connectivity index (χ0n) is 14.0. The molecule has 0 radical (unpaired) electrons. The topological polar surface area (TPSA) is 89.1 Å². The molecule has 8 heteroatoms. The van der Waals surface area contributed by atoms with Crippen LogP contribution in [0.5, 0.6) is 0 Å². The lowest BCUT2D eigenvalue weighted by Gasteiger charge is -2.28. The Morgan fingerprint density at radius 2 is 2.26 bits per heavy atom. The van der Waals surface area contributed by atoms with E-state index < -0.39 is 0 Å². The van der Waals surface area contributed by atoms with Crippen molar-refractivity contribution >= 4 is 6.03 Å². The van der Waals surface area contributed by atoms with E-state index in [2.05, 4.69) is 27.5 Å². The number of rotatable bonds is 3. The number of urea groups is 1. The van der Waals surface area contributed by atoms with Gasteiger partial charge in [-0.2, -0.15) is 10.1 Å². The van der Waals surface area contributed by atoms with E-state index in [1.807, 2.05) is 23.6 Å². The van der Waals surface area contributed by atoms with Crippen LogP contribution < -0.4 is 5.32 Å². The van der Waals surface area contributed by atoms with Crippen LogP contribution in [-0.2, 0) is 20.0 Å². The minimum atomic E-state index is -0.0403. The second-order valence-corrected chi connectivity index (χ2v) is 5.97. The van der Waals surface area contributed by atoms with Crippen LogP contribution in [0.3, 0.4) is 0 Å². The number of aromatic nitrogens is 4. The van der Waals surface area contributed by atoms with Crippen LogP contribution in [0.25, 0.3) is 11.6 Å². The number of hydrogen-bond donors (Lipinski definition) is 1. The Kier molecular flexibility index (Phi) is 4.06. The van der Waals surface area contributed by atoms with Gasteiger partial charge in [-0.1, -0.05) is 12.1 Å². The third-order valence-electron chi connectivity index (χ3n) is 4.24. The molecule has 1 aliphatic heterocycles. The van der Waals surface area contributed by atoms with Gasteiger partial charge in [0.05, 0.1) is 6.54 Å². The van der Waals surface area contributed by atoms with E-state index in [1.165, 1.54) is 0 Å².